The van der Waals surface area contributed by atoms with Crippen LogP contribution in [0.15, 0.2) is 11.8 Å². The monoisotopic (exact) mass is 197 g/mol. The Morgan fingerprint density at radius 3 is 1.79 bits per heavy atom. The van der Waals surface area contributed by atoms with Crippen molar-refractivity contribution in [1.82, 2.24) is 5.32 Å². The van der Waals surface area contributed by atoms with Crippen molar-refractivity contribution in [2.24, 2.45) is 11.8 Å². The summed E-state index contributed by atoms with van der Waals surface area (Å²) in [6.45, 7) is 12.2. The third-order valence-electron chi connectivity index (χ3n) is 1.94. The first-order valence-electron chi connectivity index (χ1n) is 5.36. The second kappa shape index (κ2) is 5.84. The number of nitrogens with one attached hydrogen (secondary N) is 1. The van der Waals surface area contributed by atoms with Gasteiger partial charge in [-0.2, -0.15) is 0 Å². The lowest BCUT2D eigenvalue weighted by molar-refractivity contribution is -0.117. The molecule has 14 heavy (non-hydrogen) atoms. The standard InChI is InChI=1S/C12H23NO/c1-8(2)11(13-10(5)6)7-12(14)9(3)4/h7-10,13H,1-6H3. The number of carbonyl (C=O) groups is 1. The zero-order valence-corrected chi connectivity index (χ0v) is 10.2. The summed E-state index contributed by atoms with van der Waals surface area (Å²) in [7, 11) is 0. The quantitative estimate of drug-likeness (QED) is 0.687. The van der Waals surface area contributed by atoms with Crippen LogP contribution in [0.2, 0.25) is 0 Å². The van der Waals surface area contributed by atoms with Crippen molar-refractivity contribution in [1.29, 1.82) is 0 Å². The Bertz CT molecular complexity index is 214. The fourth-order valence-electron chi connectivity index (χ4n) is 1.03. The van der Waals surface area contributed by atoms with Crippen molar-refractivity contribution in [3.63, 3.8) is 0 Å². The third-order valence-corrected chi connectivity index (χ3v) is 1.94. The van der Waals surface area contributed by atoms with Crippen LogP contribution in [0.5, 0.6) is 0 Å². The van der Waals surface area contributed by atoms with Crippen LogP contribution in [0.3, 0.4) is 0 Å². The molecule has 2 nitrogen and oxygen atoms in total. The molecule has 0 aliphatic heterocycles. The molecule has 0 aliphatic rings. The predicted molar refractivity (Wildman–Crippen MR) is 61.0 cm³/mol. The van der Waals surface area contributed by atoms with E-state index in [9.17, 15) is 4.79 Å². The Hall–Kier alpha value is -0.790. The van der Waals surface area contributed by atoms with Gasteiger partial charge in [-0.05, 0) is 19.8 Å². The highest BCUT2D eigenvalue weighted by atomic mass is 16.1. The summed E-state index contributed by atoms with van der Waals surface area (Å²) in [6.07, 6.45) is 1.75. The molecule has 0 bridgehead atoms. The molecule has 82 valence electrons. The maximum Gasteiger partial charge on any atom is 0.159 e. The van der Waals surface area contributed by atoms with Gasteiger partial charge in [-0.1, -0.05) is 27.7 Å². The van der Waals surface area contributed by atoms with E-state index < -0.39 is 0 Å². The minimum absolute atomic E-state index is 0.0812. The summed E-state index contributed by atoms with van der Waals surface area (Å²) >= 11 is 0. The molecule has 0 saturated carbocycles. The van der Waals surface area contributed by atoms with Crippen LogP contribution in [0.25, 0.3) is 0 Å². The Morgan fingerprint density at radius 1 is 1.00 bits per heavy atom. The van der Waals surface area contributed by atoms with Crippen molar-refractivity contribution in [2.45, 2.75) is 47.6 Å². The van der Waals surface area contributed by atoms with Crippen molar-refractivity contribution in [3.8, 4) is 0 Å². The van der Waals surface area contributed by atoms with Gasteiger partial charge in [0.25, 0.3) is 0 Å². The molecule has 0 aromatic carbocycles. The van der Waals surface area contributed by atoms with Crippen LogP contribution >= 0.6 is 0 Å². The third kappa shape index (κ3) is 5.05. The first-order valence-corrected chi connectivity index (χ1v) is 5.36. The molecule has 0 amide bonds. The van der Waals surface area contributed by atoms with E-state index in [1.165, 1.54) is 0 Å². The van der Waals surface area contributed by atoms with Gasteiger partial charge >= 0.3 is 0 Å². The largest absolute Gasteiger partial charge is 0.386 e. The van der Waals surface area contributed by atoms with E-state index >= 15 is 0 Å². The molecule has 0 saturated heterocycles. The van der Waals surface area contributed by atoms with Gasteiger partial charge < -0.3 is 5.32 Å². The number of ketones is 1. The maximum absolute atomic E-state index is 11.5. The normalized spacial score (nSPS) is 12.8. The van der Waals surface area contributed by atoms with Crippen molar-refractivity contribution in [2.75, 3.05) is 0 Å². The Kier molecular flexibility index (Phi) is 5.51. The number of carbonyl (C=O) groups excluding carboxylic acids is 1. The van der Waals surface area contributed by atoms with Crippen LogP contribution in [0.1, 0.15) is 41.5 Å². The molecule has 0 spiro atoms. The summed E-state index contributed by atoms with van der Waals surface area (Å²) in [5.41, 5.74) is 1.04. The lowest BCUT2D eigenvalue weighted by atomic mass is 10.0. The van der Waals surface area contributed by atoms with Gasteiger partial charge in [0.1, 0.15) is 0 Å². The van der Waals surface area contributed by atoms with E-state index in [2.05, 4.69) is 33.0 Å². The highest BCUT2D eigenvalue weighted by Crippen LogP contribution is 2.09. The molecule has 0 heterocycles. The summed E-state index contributed by atoms with van der Waals surface area (Å²) in [6, 6.07) is 0.378. The lowest BCUT2D eigenvalue weighted by Crippen LogP contribution is -2.26. The average molecular weight is 197 g/mol. The molecular formula is C12H23NO. The van der Waals surface area contributed by atoms with E-state index in [0.29, 0.717) is 12.0 Å². The number of hydrogen-bond acceptors (Lipinski definition) is 2. The molecule has 0 fully saturated rings. The van der Waals surface area contributed by atoms with E-state index in [1.54, 1.807) is 6.08 Å². The molecule has 0 aromatic heterocycles. The number of rotatable bonds is 5. The zero-order valence-electron chi connectivity index (χ0n) is 10.2. The van der Waals surface area contributed by atoms with Crippen LogP contribution in [0.4, 0.5) is 0 Å². The average Bonchev–Trinajstić information content (AvgIpc) is 2.01. The van der Waals surface area contributed by atoms with Gasteiger partial charge in [-0.15, -0.1) is 0 Å². The van der Waals surface area contributed by atoms with Gasteiger partial charge in [-0.3, -0.25) is 4.79 Å². The Morgan fingerprint density at radius 2 is 1.50 bits per heavy atom. The van der Waals surface area contributed by atoms with Crippen molar-refractivity contribution < 1.29 is 4.79 Å². The fourth-order valence-corrected chi connectivity index (χ4v) is 1.03. The Balaban J connectivity index is 4.56. The Labute approximate surface area is 87.8 Å². The molecule has 0 unspecified atom stereocenters. The molecule has 0 rings (SSSR count). The molecule has 0 radical (unpaired) electrons. The highest BCUT2D eigenvalue weighted by molar-refractivity contribution is 5.91. The molecule has 0 aliphatic carbocycles. The number of hydrogen-bond donors (Lipinski definition) is 1. The van der Waals surface area contributed by atoms with E-state index in [4.69, 9.17) is 0 Å². The van der Waals surface area contributed by atoms with Gasteiger partial charge in [0.05, 0.1) is 0 Å². The highest BCUT2D eigenvalue weighted by Gasteiger charge is 2.09. The summed E-state index contributed by atoms with van der Waals surface area (Å²) < 4.78 is 0. The van der Waals surface area contributed by atoms with Gasteiger partial charge in [0, 0.05) is 23.7 Å². The topological polar surface area (TPSA) is 29.1 Å². The van der Waals surface area contributed by atoms with Crippen LogP contribution in [-0.2, 0) is 4.79 Å². The minimum Gasteiger partial charge on any atom is -0.386 e. The molecule has 0 atom stereocenters. The lowest BCUT2D eigenvalue weighted by Gasteiger charge is -2.17. The van der Waals surface area contributed by atoms with Gasteiger partial charge in [0.15, 0.2) is 5.78 Å². The summed E-state index contributed by atoms with van der Waals surface area (Å²) in [5, 5.41) is 3.31. The smallest absolute Gasteiger partial charge is 0.159 e. The first kappa shape index (κ1) is 13.2. The second-order valence-electron chi connectivity index (χ2n) is 4.61. The van der Waals surface area contributed by atoms with Gasteiger partial charge in [-0.25, -0.2) is 0 Å². The SMILES string of the molecule is CC(C)NC(=CC(=O)C(C)C)C(C)C. The fraction of sp³-hybridized carbons (Fsp3) is 0.750. The maximum atomic E-state index is 11.5. The van der Waals surface area contributed by atoms with E-state index in [1.807, 2.05) is 13.8 Å². The van der Waals surface area contributed by atoms with Crippen LogP contribution in [-0.4, -0.2) is 11.8 Å². The first-order chi connectivity index (χ1) is 6.34. The molecule has 1 N–H and O–H groups in total. The van der Waals surface area contributed by atoms with Gasteiger partial charge in [0.2, 0.25) is 0 Å². The molecule has 2 heteroatoms. The summed E-state index contributed by atoms with van der Waals surface area (Å²) in [5.74, 6) is 0.652. The van der Waals surface area contributed by atoms with E-state index in [-0.39, 0.29) is 11.7 Å². The van der Waals surface area contributed by atoms with Crippen molar-refractivity contribution >= 4 is 5.78 Å². The predicted octanol–water partition coefficient (Wildman–Crippen LogP) is 2.75. The molecular weight excluding hydrogens is 174 g/mol. The van der Waals surface area contributed by atoms with Crippen molar-refractivity contribution in [3.05, 3.63) is 11.8 Å². The summed E-state index contributed by atoms with van der Waals surface area (Å²) in [4.78, 5) is 11.5. The van der Waals surface area contributed by atoms with Crippen LogP contribution in [0, 0.1) is 11.8 Å². The molecule has 0 aromatic rings. The second-order valence-corrected chi connectivity index (χ2v) is 4.61. The minimum atomic E-state index is 0.0812. The van der Waals surface area contributed by atoms with E-state index in [0.717, 1.165) is 5.70 Å². The van der Waals surface area contributed by atoms with Crippen LogP contribution < -0.4 is 5.32 Å². The number of allylic oxidation sites excluding steroid dienone is 2. The zero-order chi connectivity index (χ0) is 11.3.